The first-order valence-corrected chi connectivity index (χ1v) is 1.52. The lowest BCUT2D eigenvalue weighted by Gasteiger charge is -1.69. The third-order valence-electron chi connectivity index (χ3n) is 0.224. The van der Waals surface area contributed by atoms with E-state index in [0.717, 1.165) is 6.42 Å². The predicted octanol–water partition coefficient (Wildman–Crippen LogP) is 1.13. The van der Waals surface area contributed by atoms with E-state index in [2.05, 4.69) is 0 Å². The van der Waals surface area contributed by atoms with Crippen molar-refractivity contribution in [1.82, 2.24) is 6.15 Å². The molecule has 3 heteroatoms. The quantitative estimate of drug-likeness (QED) is 0.600. The summed E-state index contributed by atoms with van der Waals surface area (Å²) in [4.78, 5) is 0. The molecule has 0 aliphatic rings. The standard InChI is InChI=1S/C3H8O.BrH.H3N/c1-2-3-4;;/h4H,2-3H2,1H3;1H;1H3. The van der Waals surface area contributed by atoms with E-state index in [1.54, 1.807) is 0 Å². The Kier molecular flexibility index (Phi) is 48.8. The summed E-state index contributed by atoms with van der Waals surface area (Å²) in [7, 11) is 0. The molecule has 0 amide bonds. The molecule has 0 radical (unpaired) electrons. The minimum absolute atomic E-state index is 0. The Bertz CT molecular complexity index is 12.8. The fourth-order valence-corrected chi connectivity index (χ4v) is 0. The van der Waals surface area contributed by atoms with Gasteiger partial charge < -0.3 is 11.3 Å². The second-order valence-electron chi connectivity index (χ2n) is 0.724. The molecule has 0 rings (SSSR count). The van der Waals surface area contributed by atoms with E-state index in [0.29, 0.717) is 6.61 Å². The summed E-state index contributed by atoms with van der Waals surface area (Å²) in [6, 6.07) is 0. The molecule has 0 saturated heterocycles. The van der Waals surface area contributed by atoms with Gasteiger partial charge in [-0.1, -0.05) is 6.92 Å². The highest BCUT2D eigenvalue weighted by Gasteiger charge is 1.57. The normalized spacial score (nSPS) is 5.00. The molecule has 0 fully saturated rings. The van der Waals surface area contributed by atoms with Crippen molar-refractivity contribution >= 4 is 17.0 Å². The molecule has 0 aliphatic heterocycles. The predicted molar refractivity (Wildman–Crippen MR) is 32.7 cm³/mol. The van der Waals surface area contributed by atoms with Crippen molar-refractivity contribution in [3.8, 4) is 0 Å². The zero-order valence-electron chi connectivity index (χ0n) is 3.98. The Morgan fingerprint density at radius 2 is 1.67 bits per heavy atom. The first-order chi connectivity index (χ1) is 1.91. The molecule has 0 unspecified atom stereocenters. The summed E-state index contributed by atoms with van der Waals surface area (Å²) >= 11 is 0. The van der Waals surface area contributed by atoms with Crippen LogP contribution in [0.25, 0.3) is 0 Å². The fourth-order valence-electron chi connectivity index (χ4n) is 0. The Balaban J connectivity index is -0.0000000450. The largest absolute Gasteiger partial charge is 0.396 e. The molecular formula is C3H12BrNO. The molecule has 42 valence electrons. The topological polar surface area (TPSA) is 55.2 Å². The van der Waals surface area contributed by atoms with Crippen molar-refractivity contribution < 1.29 is 5.11 Å². The third-order valence-corrected chi connectivity index (χ3v) is 0.224. The number of aliphatic hydroxyl groups is 1. The number of hydrogen-bond acceptors (Lipinski definition) is 2. The van der Waals surface area contributed by atoms with Crippen molar-refractivity contribution in [3.63, 3.8) is 0 Å². The van der Waals surface area contributed by atoms with Gasteiger partial charge in [-0.3, -0.25) is 0 Å². The molecular weight excluding hydrogens is 146 g/mol. The van der Waals surface area contributed by atoms with E-state index in [9.17, 15) is 0 Å². The van der Waals surface area contributed by atoms with E-state index >= 15 is 0 Å². The number of rotatable bonds is 1. The molecule has 0 spiro atoms. The smallest absolute Gasteiger partial charge is 0.0428 e. The molecule has 0 aliphatic carbocycles. The second kappa shape index (κ2) is 18.2. The van der Waals surface area contributed by atoms with Crippen molar-refractivity contribution in [2.75, 3.05) is 6.61 Å². The van der Waals surface area contributed by atoms with Gasteiger partial charge in [-0.25, -0.2) is 0 Å². The highest BCUT2D eigenvalue weighted by atomic mass is 79.9. The number of aliphatic hydroxyl groups excluding tert-OH is 1. The third kappa shape index (κ3) is 26.0. The van der Waals surface area contributed by atoms with Gasteiger partial charge in [0.1, 0.15) is 0 Å². The first kappa shape index (κ1) is 16.1. The van der Waals surface area contributed by atoms with Crippen LogP contribution in [0.5, 0.6) is 0 Å². The minimum Gasteiger partial charge on any atom is -0.396 e. The van der Waals surface area contributed by atoms with Crippen LogP contribution in [0.2, 0.25) is 0 Å². The SMILES string of the molecule is Br.CCCO.N. The highest BCUT2D eigenvalue weighted by molar-refractivity contribution is 8.93. The first-order valence-electron chi connectivity index (χ1n) is 1.52. The van der Waals surface area contributed by atoms with Gasteiger partial charge in [0.2, 0.25) is 0 Å². The summed E-state index contributed by atoms with van der Waals surface area (Å²) in [5.74, 6) is 0. The maximum atomic E-state index is 7.88. The molecule has 0 atom stereocenters. The maximum absolute atomic E-state index is 7.88. The van der Waals surface area contributed by atoms with Gasteiger partial charge >= 0.3 is 0 Å². The fraction of sp³-hybridized carbons (Fsp3) is 1.00. The van der Waals surface area contributed by atoms with Crippen LogP contribution in [-0.2, 0) is 0 Å². The molecule has 0 aromatic heterocycles. The van der Waals surface area contributed by atoms with Crippen LogP contribution in [0.15, 0.2) is 0 Å². The van der Waals surface area contributed by atoms with E-state index in [1.165, 1.54) is 0 Å². The van der Waals surface area contributed by atoms with E-state index < -0.39 is 0 Å². The van der Waals surface area contributed by atoms with Crippen molar-refractivity contribution in [2.45, 2.75) is 13.3 Å². The van der Waals surface area contributed by atoms with E-state index in [4.69, 9.17) is 5.11 Å². The monoisotopic (exact) mass is 157 g/mol. The average Bonchev–Trinajstić information content (AvgIpc) is 1.37. The Hall–Kier alpha value is 0.400. The van der Waals surface area contributed by atoms with Gasteiger partial charge in [0.25, 0.3) is 0 Å². The van der Waals surface area contributed by atoms with E-state index in [-0.39, 0.29) is 23.1 Å². The number of hydrogen-bond donors (Lipinski definition) is 2. The van der Waals surface area contributed by atoms with Crippen molar-refractivity contribution in [3.05, 3.63) is 0 Å². The summed E-state index contributed by atoms with van der Waals surface area (Å²) in [6.07, 6.45) is 0.875. The van der Waals surface area contributed by atoms with Crippen LogP contribution in [0.1, 0.15) is 13.3 Å². The molecule has 0 bridgehead atoms. The van der Waals surface area contributed by atoms with Crippen LogP contribution in [0, 0.1) is 0 Å². The molecule has 4 N–H and O–H groups in total. The lowest BCUT2D eigenvalue weighted by atomic mass is 10.5. The van der Waals surface area contributed by atoms with E-state index in [1.807, 2.05) is 6.92 Å². The number of halogens is 1. The molecule has 0 heterocycles. The Labute approximate surface area is 48.9 Å². The Morgan fingerprint density at radius 3 is 1.67 bits per heavy atom. The molecule has 0 aromatic carbocycles. The van der Waals surface area contributed by atoms with Crippen LogP contribution < -0.4 is 6.15 Å². The average molecular weight is 158 g/mol. The molecule has 6 heavy (non-hydrogen) atoms. The lowest BCUT2D eigenvalue weighted by Crippen LogP contribution is -1.69. The van der Waals surface area contributed by atoms with Crippen LogP contribution in [-0.4, -0.2) is 11.7 Å². The van der Waals surface area contributed by atoms with Gasteiger partial charge in [-0.2, -0.15) is 0 Å². The summed E-state index contributed by atoms with van der Waals surface area (Å²) in [5, 5.41) is 7.88. The Morgan fingerprint density at radius 1 is 1.50 bits per heavy atom. The molecule has 2 nitrogen and oxygen atoms in total. The van der Waals surface area contributed by atoms with Crippen molar-refractivity contribution in [1.29, 1.82) is 0 Å². The zero-order valence-corrected chi connectivity index (χ0v) is 5.69. The van der Waals surface area contributed by atoms with Crippen LogP contribution in [0.4, 0.5) is 0 Å². The highest BCUT2D eigenvalue weighted by Crippen LogP contribution is 1.61. The van der Waals surface area contributed by atoms with Gasteiger partial charge in [0.15, 0.2) is 0 Å². The summed E-state index contributed by atoms with van der Waals surface area (Å²) in [6.45, 7) is 2.25. The van der Waals surface area contributed by atoms with Gasteiger partial charge in [0.05, 0.1) is 0 Å². The summed E-state index contributed by atoms with van der Waals surface area (Å²) in [5.41, 5.74) is 0. The zero-order chi connectivity index (χ0) is 3.41. The van der Waals surface area contributed by atoms with Gasteiger partial charge in [0, 0.05) is 6.61 Å². The summed E-state index contributed by atoms with van der Waals surface area (Å²) < 4.78 is 0. The maximum Gasteiger partial charge on any atom is 0.0428 e. The van der Waals surface area contributed by atoms with Gasteiger partial charge in [-0.05, 0) is 6.42 Å². The van der Waals surface area contributed by atoms with Crippen LogP contribution >= 0.6 is 17.0 Å². The van der Waals surface area contributed by atoms with Crippen molar-refractivity contribution in [2.24, 2.45) is 0 Å². The minimum atomic E-state index is 0. The van der Waals surface area contributed by atoms with Crippen LogP contribution in [0.3, 0.4) is 0 Å². The molecule has 0 saturated carbocycles. The lowest BCUT2D eigenvalue weighted by molar-refractivity contribution is 0.295. The van der Waals surface area contributed by atoms with Gasteiger partial charge in [-0.15, -0.1) is 17.0 Å². The second-order valence-corrected chi connectivity index (χ2v) is 0.724. The molecule has 0 aromatic rings.